The minimum atomic E-state index is -4.70. The molecular formula is C14H9NO6S. The molecule has 0 heterocycles. The normalized spacial score (nSPS) is 13.5. The number of carbonyl (C=O) groups is 2. The van der Waals surface area contributed by atoms with Crippen LogP contribution in [0.1, 0.15) is 31.8 Å². The third kappa shape index (κ3) is 1.93. The van der Waals surface area contributed by atoms with Gasteiger partial charge in [-0.2, -0.15) is 14.3 Å². The number of hydrogen-bond donors (Lipinski definition) is 2. The molecule has 2 aromatic carbocycles. The van der Waals surface area contributed by atoms with E-state index in [-0.39, 0.29) is 22.4 Å². The van der Waals surface area contributed by atoms with Crippen LogP contribution in [-0.4, -0.2) is 24.5 Å². The van der Waals surface area contributed by atoms with Crippen molar-refractivity contribution >= 4 is 21.7 Å². The maximum absolute atomic E-state index is 12.6. The van der Waals surface area contributed by atoms with Crippen molar-refractivity contribution in [2.45, 2.75) is 4.90 Å². The SMILES string of the molecule is NOc1ccc(S(=O)(=O)O)c2c1C(=O)c1ccccc1C2=O. The molecule has 1 aliphatic carbocycles. The summed E-state index contributed by atoms with van der Waals surface area (Å²) in [5, 5.41) is 0. The maximum atomic E-state index is 12.6. The van der Waals surface area contributed by atoms with Crippen molar-refractivity contribution in [1.82, 2.24) is 0 Å². The van der Waals surface area contributed by atoms with E-state index >= 15 is 0 Å². The Morgan fingerprint density at radius 1 is 0.909 bits per heavy atom. The minimum absolute atomic E-state index is 0.0547. The summed E-state index contributed by atoms with van der Waals surface area (Å²) in [4.78, 5) is 29.0. The smallest absolute Gasteiger partial charge is 0.295 e. The van der Waals surface area contributed by atoms with Crippen molar-refractivity contribution in [3.63, 3.8) is 0 Å². The van der Waals surface area contributed by atoms with Crippen LogP contribution in [0.15, 0.2) is 41.3 Å². The van der Waals surface area contributed by atoms with Crippen molar-refractivity contribution < 1.29 is 27.4 Å². The van der Waals surface area contributed by atoms with Gasteiger partial charge < -0.3 is 4.84 Å². The molecule has 0 radical (unpaired) electrons. The Kier molecular flexibility index (Phi) is 3.10. The largest absolute Gasteiger partial charge is 0.411 e. The third-order valence-electron chi connectivity index (χ3n) is 3.40. The van der Waals surface area contributed by atoms with Gasteiger partial charge in [-0.05, 0) is 12.1 Å². The number of carbonyl (C=O) groups excluding carboxylic acids is 2. The van der Waals surface area contributed by atoms with Crippen LogP contribution in [0.25, 0.3) is 0 Å². The molecule has 112 valence electrons. The first-order valence-corrected chi connectivity index (χ1v) is 7.50. The van der Waals surface area contributed by atoms with Gasteiger partial charge in [0.15, 0.2) is 17.3 Å². The topological polar surface area (TPSA) is 124 Å². The summed E-state index contributed by atoms with van der Waals surface area (Å²) < 4.78 is 32.3. The third-order valence-corrected chi connectivity index (χ3v) is 4.30. The predicted octanol–water partition coefficient (Wildman–Crippen LogP) is 0.961. The lowest BCUT2D eigenvalue weighted by Crippen LogP contribution is -2.25. The lowest BCUT2D eigenvalue weighted by Gasteiger charge is -2.20. The summed E-state index contributed by atoms with van der Waals surface area (Å²) in [5.74, 6) is 3.64. The van der Waals surface area contributed by atoms with Crippen molar-refractivity contribution in [3.05, 3.63) is 58.7 Å². The lowest BCUT2D eigenvalue weighted by molar-refractivity contribution is 0.0973. The van der Waals surface area contributed by atoms with E-state index in [2.05, 4.69) is 4.84 Å². The quantitative estimate of drug-likeness (QED) is 0.532. The summed E-state index contributed by atoms with van der Waals surface area (Å²) >= 11 is 0. The van der Waals surface area contributed by atoms with Gasteiger partial charge in [0.1, 0.15) is 4.90 Å². The lowest BCUT2D eigenvalue weighted by atomic mass is 9.83. The molecule has 7 nitrogen and oxygen atoms in total. The highest BCUT2D eigenvalue weighted by Crippen LogP contribution is 2.36. The van der Waals surface area contributed by atoms with Gasteiger partial charge in [-0.25, -0.2) is 0 Å². The van der Waals surface area contributed by atoms with Crippen molar-refractivity contribution in [2.75, 3.05) is 0 Å². The standard InChI is InChI=1S/C14H9NO6S/c15-21-9-5-6-10(22(18,19)20)12-11(9)13(16)7-3-1-2-4-8(7)14(12)17/h1-6H,15H2,(H,18,19,20). The van der Waals surface area contributed by atoms with Crippen molar-refractivity contribution in [3.8, 4) is 5.75 Å². The molecule has 0 unspecified atom stereocenters. The fraction of sp³-hybridized carbons (Fsp3) is 0. The van der Waals surface area contributed by atoms with Gasteiger partial charge in [-0.15, -0.1) is 0 Å². The summed E-state index contributed by atoms with van der Waals surface area (Å²) in [7, 11) is -4.70. The van der Waals surface area contributed by atoms with Gasteiger partial charge in [-0.3, -0.25) is 14.1 Å². The second-order valence-corrected chi connectivity index (χ2v) is 6.00. The van der Waals surface area contributed by atoms with E-state index in [1.807, 2.05) is 0 Å². The zero-order valence-corrected chi connectivity index (χ0v) is 11.8. The van der Waals surface area contributed by atoms with Crippen LogP contribution in [0.2, 0.25) is 0 Å². The Morgan fingerprint density at radius 2 is 1.45 bits per heavy atom. The van der Waals surface area contributed by atoms with Gasteiger partial charge in [0.05, 0.1) is 11.1 Å². The second-order valence-electron chi connectivity index (χ2n) is 4.61. The average molecular weight is 319 g/mol. The molecule has 0 bridgehead atoms. The number of hydrogen-bond acceptors (Lipinski definition) is 6. The van der Waals surface area contributed by atoms with Crippen LogP contribution in [0.3, 0.4) is 0 Å². The van der Waals surface area contributed by atoms with Gasteiger partial charge in [0.2, 0.25) is 0 Å². The van der Waals surface area contributed by atoms with Crippen molar-refractivity contribution in [2.24, 2.45) is 5.90 Å². The molecule has 0 aliphatic heterocycles. The first-order valence-electron chi connectivity index (χ1n) is 6.06. The summed E-state index contributed by atoms with van der Waals surface area (Å²) in [6.45, 7) is 0. The maximum Gasteiger partial charge on any atom is 0.295 e. The number of nitrogens with two attached hydrogens (primary N) is 1. The Balaban J connectivity index is 2.45. The van der Waals surface area contributed by atoms with E-state index in [9.17, 15) is 22.6 Å². The van der Waals surface area contributed by atoms with Crippen LogP contribution in [-0.2, 0) is 10.1 Å². The summed E-state index contributed by atoms with van der Waals surface area (Å²) in [6, 6.07) is 8.05. The molecule has 0 aromatic heterocycles. The van der Waals surface area contributed by atoms with Crippen LogP contribution in [0.4, 0.5) is 0 Å². The Morgan fingerprint density at radius 3 is 1.95 bits per heavy atom. The highest BCUT2D eigenvalue weighted by molar-refractivity contribution is 7.86. The molecule has 0 fully saturated rings. The Bertz CT molecular complexity index is 932. The van der Waals surface area contributed by atoms with E-state index in [0.717, 1.165) is 12.1 Å². The molecule has 0 saturated carbocycles. The molecule has 0 saturated heterocycles. The van der Waals surface area contributed by atoms with Crippen LogP contribution >= 0.6 is 0 Å². The first-order chi connectivity index (χ1) is 10.4. The molecule has 2 aromatic rings. The zero-order chi connectivity index (χ0) is 16.1. The number of fused-ring (bicyclic) bond motifs is 2. The number of rotatable bonds is 2. The van der Waals surface area contributed by atoms with Crippen molar-refractivity contribution in [1.29, 1.82) is 0 Å². The second kappa shape index (κ2) is 4.73. The molecule has 0 amide bonds. The van der Waals surface area contributed by atoms with Gasteiger partial charge in [0, 0.05) is 11.1 Å². The Hall–Kier alpha value is -2.55. The molecule has 3 rings (SSSR count). The average Bonchev–Trinajstić information content (AvgIpc) is 2.50. The zero-order valence-electron chi connectivity index (χ0n) is 10.9. The van der Waals surface area contributed by atoms with Gasteiger partial charge >= 0.3 is 0 Å². The van der Waals surface area contributed by atoms with E-state index in [4.69, 9.17) is 5.90 Å². The van der Waals surface area contributed by atoms with Gasteiger partial charge in [-0.1, -0.05) is 24.3 Å². The molecule has 0 atom stereocenters. The van der Waals surface area contributed by atoms with E-state index in [1.165, 1.54) is 12.1 Å². The molecule has 1 aliphatic rings. The summed E-state index contributed by atoms with van der Waals surface area (Å²) in [6.07, 6.45) is 0. The van der Waals surface area contributed by atoms with E-state index in [1.54, 1.807) is 12.1 Å². The predicted molar refractivity (Wildman–Crippen MR) is 74.4 cm³/mol. The van der Waals surface area contributed by atoms with Crippen LogP contribution < -0.4 is 10.7 Å². The highest BCUT2D eigenvalue weighted by Gasteiger charge is 2.37. The van der Waals surface area contributed by atoms with Crippen LogP contribution in [0, 0.1) is 0 Å². The van der Waals surface area contributed by atoms with E-state index < -0.39 is 32.1 Å². The molecule has 0 spiro atoms. The minimum Gasteiger partial charge on any atom is -0.411 e. The first kappa shape index (κ1) is 14.4. The fourth-order valence-electron chi connectivity index (χ4n) is 2.48. The number of ketones is 2. The molecule has 8 heteroatoms. The number of benzene rings is 2. The van der Waals surface area contributed by atoms with Crippen LogP contribution in [0.5, 0.6) is 5.75 Å². The highest BCUT2D eigenvalue weighted by atomic mass is 32.2. The fourth-order valence-corrected chi connectivity index (χ4v) is 3.17. The molecule has 3 N–H and O–H groups in total. The van der Waals surface area contributed by atoms with Gasteiger partial charge in [0.25, 0.3) is 10.1 Å². The molecule has 22 heavy (non-hydrogen) atoms. The Labute approximate surface area is 125 Å². The summed E-state index contributed by atoms with van der Waals surface area (Å²) in [5.41, 5.74) is -0.541. The monoisotopic (exact) mass is 319 g/mol. The van der Waals surface area contributed by atoms with E-state index in [0.29, 0.717) is 0 Å². The molecular weight excluding hydrogens is 310 g/mol.